The number of aromatic nitrogens is 2. The summed E-state index contributed by atoms with van der Waals surface area (Å²) in [7, 11) is 2.92. The van der Waals surface area contributed by atoms with Crippen LogP contribution in [-0.2, 0) is 16.1 Å². The Morgan fingerprint density at radius 2 is 1.70 bits per heavy atom. The number of pyridine rings is 2. The van der Waals surface area contributed by atoms with Crippen molar-refractivity contribution in [2.45, 2.75) is 26.3 Å². The summed E-state index contributed by atoms with van der Waals surface area (Å²) in [6, 6.07) is 16.8. The topological polar surface area (TPSA) is 93.7 Å². The number of hydrogen-bond acceptors (Lipinski definition) is 8. The van der Waals surface area contributed by atoms with E-state index in [0.717, 1.165) is 54.7 Å². The Bertz CT molecular complexity index is 1650. The molecule has 5 rings (SSSR count). The fourth-order valence-corrected chi connectivity index (χ4v) is 5.96. The van der Waals surface area contributed by atoms with E-state index in [-0.39, 0.29) is 17.8 Å². The number of hydrogen-bond donors (Lipinski definition) is 1. The van der Waals surface area contributed by atoms with E-state index in [2.05, 4.69) is 20.2 Å². The Balaban J connectivity index is 1.38. The number of carbonyl (C=O) groups is 2. The lowest BCUT2D eigenvalue weighted by atomic mass is 9.96. The summed E-state index contributed by atoms with van der Waals surface area (Å²) in [5.74, 6) is 0.799. The zero-order valence-electron chi connectivity index (χ0n) is 24.2. The summed E-state index contributed by atoms with van der Waals surface area (Å²) in [5, 5.41) is 4.40. The lowest BCUT2D eigenvalue weighted by Gasteiger charge is -2.31. The van der Waals surface area contributed by atoms with Gasteiger partial charge in [-0.05, 0) is 68.2 Å². The van der Waals surface area contributed by atoms with Gasteiger partial charge in [-0.1, -0.05) is 53.5 Å². The van der Waals surface area contributed by atoms with E-state index >= 15 is 0 Å². The molecule has 0 amide bonds. The van der Waals surface area contributed by atoms with Gasteiger partial charge in [0.15, 0.2) is 6.29 Å². The highest BCUT2D eigenvalue weighted by molar-refractivity contribution is 6.39. The number of methoxy groups -OCH3 is 2. The van der Waals surface area contributed by atoms with E-state index in [4.69, 9.17) is 32.7 Å². The summed E-state index contributed by atoms with van der Waals surface area (Å²) < 4.78 is 10.2. The first kappa shape index (κ1) is 30.5. The molecule has 0 aliphatic carbocycles. The minimum atomic E-state index is -0.122. The van der Waals surface area contributed by atoms with Crippen molar-refractivity contribution < 1.29 is 19.1 Å². The molecule has 0 radical (unpaired) electrons. The number of benzene rings is 2. The second kappa shape index (κ2) is 13.5. The standard InChI is InChI=1S/C33H32Cl2N4O4/c1-20-22(18-39-16-13-21(14-17-39)33(41)43-3)12-15-36-31(20)37-28-9-5-7-25(30(28)35)24-6-4-8-26(29(24)34)27-11-10-23(19-40)32(38-27)42-2/h4-12,15,19,21H,13-14,16-18H2,1-3H3,(H,36,37). The first-order valence-corrected chi connectivity index (χ1v) is 14.7. The average Bonchev–Trinajstić information content (AvgIpc) is 3.03. The van der Waals surface area contributed by atoms with Crippen molar-refractivity contribution in [3.63, 3.8) is 0 Å². The van der Waals surface area contributed by atoms with Gasteiger partial charge in [-0.25, -0.2) is 9.97 Å². The van der Waals surface area contributed by atoms with Crippen LogP contribution in [0.25, 0.3) is 22.4 Å². The van der Waals surface area contributed by atoms with Gasteiger partial charge in [0.05, 0.1) is 47.1 Å². The molecule has 0 unspecified atom stereocenters. The van der Waals surface area contributed by atoms with Crippen LogP contribution in [-0.4, -0.2) is 54.4 Å². The maximum absolute atomic E-state index is 11.9. The molecule has 1 fully saturated rings. The highest BCUT2D eigenvalue weighted by Crippen LogP contribution is 2.42. The molecule has 2 aromatic heterocycles. The number of aldehydes is 1. The van der Waals surface area contributed by atoms with Crippen molar-refractivity contribution in [3.05, 3.63) is 87.5 Å². The molecule has 8 nitrogen and oxygen atoms in total. The van der Waals surface area contributed by atoms with Crippen LogP contribution in [0.5, 0.6) is 5.88 Å². The summed E-state index contributed by atoms with van der Waals surface area (Å²) in [4.78, 5) is 34.7. The van der Waals surface area contributed by atoms with Crippen molar-refractivity contribution in [1.82, 2.24) is 14.9 Å². The summed E-state index contributed by atoms with van der Waals surface area (Å²) in [5.41, 5.74) is 5.98. The van der Waals surface area contributed by atoms with Gasteiger partial charge in [-0.2, -0.15) is 0 Å². The lowest BCUT2D eigenvalue weighted by Crippen LogP contribution is -2.36. The van der Waals surface area contributed by atoms with Crippen LogP contribution in [0, 0.1) is 12.8 Å². The zero-order chi connectivity index (χ0) is 30.5. The number of halogens is 2. The van der Waals surface area contributed by atoms with Gasteiger partial charge in [0, 0.05) is 29.4 Å². The molecule has 3 heterocycles. The van der Waals surface area contributed by atoms with Gasteiger partial charge < -0.3 is 14.8 Å². The fourth-order valence-electron chi connectivity index (χ4n) is 5.36. The molecule has 2 aromatic carbocycles. The molecule has 0 atom stereocenters. The van der Waals surface area contributed by atoms with Gasteiger partial charge in [0.1, 0.15) is 5.82 Å². The van der Waals surface area contributed by atoms with Crippen LogP contribution < -0.4 is 10.1 Å². The number of piperidine rings is 1. The number of carbonyl (C=O) groups excluding carboxylic acids is 2. The quantitative estimate of drug-likeness (QED) is 0.153. The van der Waals surface area contributed by atoms with Gasteiger partial charge in [0.25, 0.3) is 0 Å². The third-order valence-corrected chi connectivity index (χ3v) is 8.67. The molecule has 0 bridgehead atoms. The van der Waals surface area contributed by atoms with Gasteiger partial charge in [-0.3, -0.25) is 14.5 Å². The SMILES string of the molecule is COC(=O)C1CCN(Cc2ccnc(Nc3cccc(-c4cccc(-c5ccc(C=O)c(OC)n5)c4Cl)c3Cl)c2C)CC1. The second-order valence-electron chi connectivity index (χ2n) is 10.4. The van der Waals surface area contributed by atoms with Crippen LogP contribution in [0.4, 0.5) is 11.5 Å². The van der Waals surface area contributed by atoms with E-state index in [0.29, 0.717) is 44.7 Å². The Morgan fingerprint density at radius 1 is 1.00 bits per heavy atom. The predicted octanol–water partition coefficient (Wildman–Crippen LogP) is 7.38. The van der Waals surface area contributed by atoms with Crippen molar-refractivity contribution in [2.75, 3.05) is 32.6 Å². The molecular formula is C33H32Cl2N4O4. The Morgan fingerprint density at radius 3 is 2.40 bits per heavy atom. The van der Waals surface area contributed by atoms with Crippen molar-refractivity contribution in [1.29, 1.82) is 0 Å². The molecular weight excluding hydrogens is 587 g/mol. The first-order chi connectivity index (χ1) is 20.8. The molecule has 4 aromatic rings. The zero-order valence-corrected chi connectivity index (χ0v) is 25.7. The lowest BCUT2D eigenvalue weighted by molar-refractivity contribution is -0.147. The average molecular weight is 620 g/mol. The fraction of sp³-hybridized carbons (Fsp3) is 0.273. The maximum atomic E-state index is 11.9. The first-order valence-electron chi connectivity index (χ1n) is 13.9. The monoisotopic (exact) mass is 618 g/mol. The van der Waals surface area contributed by atoms with Crippen LogP contribution in [0.15, 0.2) is 60.8 Å². The number of nitrogens with one attached hydrogen (secondary N) is 1. The minimum absolute atomic E-state index is 0.0252. The molecule has 1 N–H and O–H groups in total. The molecule has 0 spiro atoms. The van der Waals surface area contributed by atoms with E-state index in [1.165, 1.54) is 14.2 Å². The van der Waals surface area contributed by atoms with Gasteiger partial charge >= 0.3 is 5.97 Å². The summed E-state index contributed by atoms with van der Waals surface area (Å²) in [6.45, 7) is 4.48. The minimum Gasteiger partial charge on any atom is -0.480 e. The van der Waals surface area contributed by atoms with Crippen molar-refractivity contribution in [2.24, 2.45) is 5.92 Å². The highest BCUT2D eigenvalue weighted by Gasteiger charge is 2.26. The van der Waals surface area contributed by atoms with Crippen LogP contribution in [0.3, 0.4) is 0 Å². The maximum Gasteiger partial charge on any atom is 0.308 e. The normalized spacial score (nSPS) is 13.9. The van der Waals surface area contributed by atoms with Crippen molar-refractivity contribution >= 4 is 47.0 Å². The predicted molar refractivity (Wildman–Crippen MR) is 169 cm³/mol. The molecule has 1 saturated heterocycles. The molecule has 0 saturated carbocycles. The Hall–Kier alpha value is -3.98. The number of esters is 1. The third kappa shape index (κ3) is 6.51. The Kier molecular flexibility index (Phi) is 9.60. The third-order valence-electron chi connectivity index (χ3n) is 7.86. The van der Waals surface area contributed by atoms with E-state index in [1.807, 2.05) is 49.4 Å². The molecule has 222 valence electrons. The van der Waals surface area contributed by atoms with Crippen LogP contribution in [0.1, 0.15) is 34.3 Å². The highest BCUT2D eigenvalue weighted by atomic mass is 35.5. The largest absolute Gasteiger partial charge is 0.480 e. The molecule has 10 heteroatoms. The number of rotatable bonds is 9. The van der Waals surface area contributed by atoms with E-state index in [9.17, 15) is 9.59 Å². The number of ether oxygens (including phenoxy) is 2. The second-order valence-corrected chi connectivity index (χ2v) is 11.1. The molecule has 1 aliphatic rings. The number of likely N-dealkylation sites (tertiary alicyclic amines) is 1. The number of anilines is 2. The smallest absolute Gasteiger partial charge is 0.308 e. The Labute approximate surface area is 261 Å². The van der Waals surface area contributed by atoms with Crippen LogP contribution >= 0.6 is 23.2 Å². The molecule has 43 heavy (non-hydrogen) atoms. The van der Waals surface area contributed by atoms with E-state index < -0.39 is 0 Å². The molecule has 1 aliphatic heterocycles. The van der Waals surface area contributed by atoms with Gasteiger partial charge in [-0.15, -0.1) is 0 Å². The van der Waals surface area contributed by atoms with Crippen molar-refractivity contribution in [3.8, 4) is 28.3 Å². The summed E-state index contributed by atoms with van der Waals surface area (Å²) >= 11 is 13.9. The van der Waals surface area contributed by atoms with Gasteiger partial charge in [0.2, 0.25) is 5.88 Å². The number of nitrogens with zero attached hydrogens (tertiary/aromatic N) is 3. The van der Waals surface area contributed by atoms with E-state index in [1.54, 1.807) is 18.3 Å². The summed E-state index contributed by atoms with van der Waals surface area (Å²) in [6.07, 6.45) is 4.08. The van der Waals surface area contributed by atoms with Crippen LogP contribution in [0.2, 0.25) is 10.0 Å².